The zero-order chi connectivity index (χ0) is 37.4. The molecule has 0 bridgehead atoms. The fraction of sp³-hybridized carbons (Fsp3) is 0.727. The van der Waals surface area contributed by atoms with Crippen LogP contribution in [0.15, 0.2) is 9.98 Å². The van der Waals surface area contributed by atoms with Gasteiger partial charge in [-0.15, -0.1) is 0 Å². The van der Waals surface area contributed by atoms with Crippen molar-refractivity contribution in [2.24, 2.45) is 21.5 Å². The molecule has 0 aromatic rings. The van der Waals surface area contributed by atoms with E-state index < -0.39 is 12.1 Å². The van der Waals surface area contributed by atoms with Crippen LogP contribution in [0.25, 0.3) is 0 Å². The fourth-order valence-corrected chi connectivity index (χ4v) is 0.227. The van der Waals surface area contributed by atoms with Gasteiger partial charge < -0.3 is 62.6 Å². The zero-order valence-electron chi connectivity index (χ0n) is 28.1. The van der Waals surface area contributed by atoms with Crippen LogP contribution in [0.5, 0.6) is 0 Å². The first kappa shape index (κ1) is 77.0. The Morgan fingerprint density at radius 2 is 0.810 bits per heavy atom. The van der Waals surface area contributed by atoms with Gasteiger partial charge in [0.05, 0.1) is 7.11 Å². The number of nitrogens with two attached hydrogens (primary N) is 2. The maximum atomic E-state index is 9.96. The van der Waals surface area contributed by atoms with Crippen LogP contribution in [0.1, 0.15) is 13.8 Å². The number of carbonyl (C=O) groups excluding carboxylic acids is 5. The number of carboxylic acid groups (broad SMARTS) is 1. The largest absolute Gasteiger partial charge is 0.481 e. The summed E-state index contributed by atoms with van der Waals surface area (Å²) in [6.45, 7) is 2.56. The number of aliphatic hydroxyl groups excluding tert-OH is 3. The number of methoxy groups -OCH3 is 2. The van der Waals surface area contributed by atoms with Crippen molar-refractivity contribution in [3.8, 4) is 0 Å². The van der Waals surface area contributed by atoms with E-state index >= 15 is 0 Å². The Bertz CT molecular complexity index is 486. The molecule has 0 saturated carbocycles. The molecule has 0 spiro atoms. The fourth-order valence-electron chi connectivity index (χ4n) is 0.227. The first-order valence-corrected chi connectivity index (χ1v) is 10.7. The first-order chi connectivity index (χ1) is 19.9. The standard InChI is InChI=1S/C3H8N2O.C3H7NO2.C3H7NO.2C2H3NO.C2H4O2.C2H6O.2CH5N.3CH4O/c1-4-3(6)5-2;1-4-3(5)6-2;1-3(5)4-2;2*1-3-2-4;1-2(3)4;1-3-2;5*1-2/h1-2H3,(H2,4,5,6);1-2H3,(H,4,5);1-2H3,(H,4,5);2*1H3;1H3,(H,3,4);1-2H3;2*2H2,1H3;3*2H,1H3. The van der Waals surface area contributed by atoms with Gasteiger partial charge in [0, 0.05) is 91.7 Å². The number of carbonyl (C=O) groups is 4. The Morgan fingerprint density at radius 1 is 0.643 bits per heavy atom. The molecule has 20 nitrogen and oxygen atoms in total. The minimum atomic E-state index is -0.833. The molecule has 0 unspecified atom stereocenters. The van der Waals surface area contributed by atoms with Gasteiger partial charge in [-0.25, -0.2) is 29.2 Å². The van der Waals surface area contributed by atoms with Crippen LogP contribution in [-0.2, 0) is 28.7 Å². The summed E-state index contributed by atoms with van der Waals surface area (Å²) < 4.78 is 8.40. The molecule has 0 radical (unpaired) electrons. The average molecular weight is 629 g/mol. The number of alkyl carbamates (subject to hydrolysis) is 1. The smallest absolute Gasteiger partial charge is 0.406 e. The van der Waals surface area contributed by atoms with E-state index in [1.165, 1.54) is 61.4 Å². The number of aliphatic imine (C=N–C) groups is 2. The number of rotatable bonds is 0. The first-order valence-electron chi connectivity index (χ1n) is 10.7. The van der Waals surface area contributed by atoms with Crippen LogP contribution in [-0.4, -0.2) is 156 Å². The number of hydrogen-bond donors (Lipinski definition) is 10. The van der Waals surface area contributed by atoms with Crippen LogP contribution in [0.4, 0.5) is 9.59 Å². The van der Waals surface area contributed by atoms with Gasteiger partial charge in [-0.3, -0.25) is 9.59 Å². The van der Waals surface area contributed by atoms with Gasteiger partial charge in [0.25, 0.3) is 5.97 Å². The van der Waals surface area contributed by atoms with Crippen molar-refractivity contribution >= 4 is 36.2 Å². The highest BCUT2D eigenvalue weighted by Gasteiger charge is 1.85. The van der Waals surface area contributed by atoms with Crippen molar-refractivity contribution in [3.63, 3.8) is 0 Å². The third-order valence-electron chi connectivity index (χ3n) is 1.38. The number of nitrogens with zero attached hydrogens (tertiary/aromatic N) is 2. The second-order valence-electron chi connectivity index (χ2n) is 3.93. The lowest BCUT2D eigenvalue weighted by atomic mass is 10.7. The van der Waals surface area contributed by atoms with Gasteiger partial charge in [0.1, 0.15) is 0 Å². The summed E-state index contributed by atoms with van der Waals surface area (Å²) >= 11 is 0. The summed E-state index contributed by atoms with van der Waals surface area (Å²) in [7, 11) is 19.6. The van der Waals surface area contributed by atoms with Crippen molar-refractivity contribution < 1.29 is 58.7 Å². The number of aliphatic carboxylic acids is 1. The Balaban J connectivity index is -0.0000000240. The topological polar surface area (TPSA) is 327 Å². The normalized spacial score (nSPS) is 5.36. The number of isocyanates is 2. The van der Waals surface area contributed by atoms with Crippen LogP contribution in [0, 0.1) is 0 Å². The average Bonchev–Trinajstić information content (AvgIpc) is 3.05. The summed E-state index contributed by atoms with van der Waals surface area (Å²) in [5.74, 6) is -0.829. The van der Waals surface area contributed by atoms with Gasteiger partial charge in [-0.2, -0.15) is 0 Å². The molecular weight excluding hydrogens is 568 g/mol. The molecule has 0 atom stereocenters. The molecule has 0 fully saturated rings. The molecule has 0 aliphatic carbocycles. The summed E-state index contributed by atoms with van der Waals surface area (Å²) in [5, 5.41) is 37.8. The number of ether oxygens (including phenoxy) is 2. The molecule has 0 aromatic carbocycles. The number of carboxylic acids is 1. The van der Waals surface area contributed by atoms with Crippen LogP contribution >= 0.6 is 0 Å². The highest BCUT2D eigenvalue weighted by molar-refractivity contribution is 5.73. The molecule has 0 aliphatic heterocycles. The summed E-state index contributed by atoms with van der Waals surface area (Å²) in [6.07, 6.45) is 2.20. The number of aliphatic hydroxyl groups is 3. The number of urea groups is 1. The van der Waals surface area contributed by atoms with Gasteiger partial charge in [0.2, 0.25) is 18.1 Å². The number of nitrogens with one attached hydrogen (secondary N) is 4. The highest BCUT2D eigenvalue weighted by Crippen LogP contribution is 1.62. The maximum Gasteiger partial charge on any atom is 0.406 e. The van der Waals surface area contributed by atoms with Gasteiger partial charge in [0.15, 0.2) is 0 Å². The molecule has 0 aliphatic rings. The minimum absolute atomic E-state index is 0.00463. The minimum Gasteiger partial charge on any atom is -0.481 e. The van der Waals surface area contributed by atoms with Gasteiger partial charge in [-0.1, -0.05) is 0 Å². The summed E-state index contributed by atoms with van der Waals surface area (Å²) in [5.41, 5.74) is 9.00. The molecule has 0 heterocycles. The lowest BCUT2D eigenvalue weighted by molar-refractivity contribution is -0.134. The van der Waals surface area contributed by atoms with Crippen LogP contribution in [0.2, 0.25) is 0 Å². The van der Waals surface area contributed by atoms with Crippen molar-refractivity contribution in [2.75, 3.05) is 99.0 Å². The molecule has 4 amide bonds. The molecule has 42 heavy (non-hydrogen) atoms. The van der Waals surface area contributed by atoms with E-state index in [9.17, 15) is 14.4 Å². The van der Waals surface area contributed by atoms with Crippen molar-refractivity contribution in [2.45, 2.75) is 13.8 Å². The van der Waals surface area contributed by atoms with E-state index in [2.05, 4.69) is 52.2 Å². The number of amides is 4. The second kappa shape index (κ2) is 148. The lowest BCUT2D eigenvalue weighted by Gasteiger charge is -1.91. The van der Waals surface area contributed by atoms with E-state index in [0.29, 0.717) is 0 Å². The van der Waals surface area contributed by atoms with E-state index in [0.717, 1.165) is 28.3 Å². The van der Waals surface area contributed by atoms with E-state index in [-0.39, 0.29) is 11.9 Å². The Labute approximate surface area is 251 Å². The molecule has 0 aromatic heterocycles. The highest BCUT2D eigenvalue weighted by atomic mass is 16.5. The van der Waals surface area contributed by atoms with E-state index in [1.807, 2.05) is 0 Å². The molecule has 0 saturated heterocycles. The molecular formula is C22H60N8O12. The van der Waals surface area contributed by atoms with Gasteiger partial charge >= 0.3 is 12.1 Å². The predicted octanol–water partition coefficient (Wildman–Crippen LogP) is -2.50. The zero-order valence-corrected chi connectivity index (χ0v) is 28.1. The molecule has 260 valence electrons. The van der Waals surface area contributed by atoms with Crippen molar-refractivity contribution in [3.05, 3.63) is 0 Å². The van der Waals surface area contributed by atoms with E-state index in [4.69, 9.17) is 34.8 Å². The molecule has 0 rings (SSSR count). The summed E-state index contributed by atoms with van der Waals surface area (Å²) in [6, 6.07) is -0.157. The quantitative estimate of drug-likeness (QED) is 0.0979. The van der Waals surface area contributed by atoms with Crippen LogP contribution < -0.4 is 32.7 Å². The van der Waals surface area contributed by atoms with Crippen LogP contribution in [0.3, 0.4) is 0 Å². The lowest BCUT2D eigenvalue weighted by Crippen LogP contribution is -2.28. The number of hydrogen-bond acceptors (Lipinski definition) is 15. The monoisotopic (exact) mass is 628 g/mol. The van der Waals surface area contributed by atoms with Crippen molar-refractivity contribution in [1.29, 1.82) is 0 Å². The maximum absolute atomic E-state index is 9.96. The van der Waals surface area contributed by atoms with Crippen molar-refractivity contribution in [1.82, 2.24) is 21.3 Å². The van der Waals surface area contributed by atoms with Gasteiger partial charge in [-0.05, 0) is 14.1 Å². The molecule has 20 heteroatoms. The van der Waals surface area contributed by atoms with E-state index in [1.54, 1.807) is 35.4 Å². The SMILES string of the molecule is CC(=O)O.CN.CN.CN=C=O.CN=C=O.CNC(=O)NC.CNC(=O)OC.CNC(C)=O.CO.CO.CO.COC. The Morgan fingerprint density at radius 3 is 0.810 bits per heavy atom. The Kier molecular flexibility index (Phi) is 271. The Hall–Kier alpha value is -4.00. The third-order valence-corrected chi connectivity index (χ3v) is 1.38. The molecule has 12 N–H and O–H groups in total. The predicted molar refractivity (Wildman–Crippen MR) is 164 cm³/mol. The summed E-state index contributed by atoms with van der Waals surface area (Å²) in [4.78, 5) is 62.1. The second-order valence-corrected chi connectivity index (χ2v) is 3.93. The third kappa shape index (κ3) is 689.